The summed E-state index contributed by atoms with van der Waals surface area (Å²) in [6.45, 7) is 0. The van der Waals surface area contributed by atoms with Crippen molar-refractivity contribution in [3.8, 4) is 11.5 Å². The molecule has 5 heteroatoms. The van der Waals surface area contributed by atoms with E-state index in [-0.39, 0.29) is 11.5 Å². The molecule has 1 aromatic carbocycles. The molecular formula is C10H7NO4. The highest BCUT2D eigenvalue weighted by molar-refractivity contribution is 5.88. The molecule has 15 heavy (non-hydrogen) atoms. The molecule has 0 spiro atoms. The number of carbonyl (C=O) groups is 1. The summed E-state index contributed by atoms with van der Waals surface area (Å²) in [7, 11) is 0. The molecule has 0 fully saturated rings. The first kappa shape index (κ1) is 9.26. The Bertz CT molecular complexity index is 524. The van der Waals surface area contributed by atoms with Crippen LogP contribution in [0.25, 0.3) is 10.9 Å². The van der Waals surface area contributed by atoms with Gasteiger partial charge < -0.3 is 14.9 Å². The van der Waals surface area contributed by atoms with Crippen molar-refractivity contribution in [1.29, 1.82) is 0 Å². The number of pyridine rings is 1. The van der Waals surface area contributed by atoms with Gasteiger partial charge in [-0.15, -0.1) is 0 Å². The molecule has 0 amide bonds. The Labute approximate surface area is 84.6 Å². The van der Waals surface area contributed by atoms with Gasteiger partial charge in [0.1, 0.15) is 0 Å². The monoisotopic (exact) mass is 205 g/mol. The van der Waals surface area contributed by atoms with Crippen LogP contribution in [0.3, 0.4) is 0 Å². The van der Waals surface area contributed by atoms with Gasteiger partial charge in [0.15, 0.2) is 11.5 Å². The highest BCUT2D eigenvalue weighted by atomic mass is 16.7. The molecule has 0 saturated heterocycles. The summed E-state index contributed by atoms with van der Waals surface area (Å²) in [5.74, 6) is -0.385. The maximum atomic E-state index is 10.4. The standard InChI is InChI=1S/C10H7NO4/c12-8-5-11-7-4-2-1-3-6(7)9(8)15-10(13)14/h1-5,12H,(H,13,14). The van der Waals surface area contributed by atoms with Crippen LogP contribution in [0.5, 0.6) is 11.5 Å². The molecule has 5 nitrogen and oxygen atoms in total. The fraction of sp³-hybridized carbons (Fsp3) is 0. The van der Waals surface area contributed by atoms with Crippen LogP contribution in [0.15, 0.2) is 30.5 Å². The predicted octanol–water partition coefficient (Wildman–Crippen LogP) is 2.00. The lowest BCUT2D eigenvalue weighted by molar-refractivity contribution is 0.143. The molecule has 0 aliphatic carbocycles. The largest absolute Gasteiger partial charge is 0.511 e. The summed E-state index contributed by atoms with van der Waals surface area (Å²) < 4.78 is 4.48. The van der Waals surface area contributed by atoms with E-state index in [0.717, 1.165) is 6.20 Å². The summed E-state index contributed by atoms with van der Waals surface area (Å²) in [5, 5.41) is 18.4. The molecule has 1 aromatic heterocycles. The van der Waals surface area contributed by atoms with Crippen molar-refractivity contribution in [3.05, 3.63) is 30.5 Å². The summed E-state index contributed by atoms with van der Waals surface area (Å²) >= 11 is 0. The number of nitrogens with zero attached hydrogens (tertiary/aromatic N) is 1. The zero-order valence-electron chi connectivity index (χ0n) is 7.54. The van der Waals surface area contributed by atoms with Gasteiger partial charge in [-0.25, -0.2) is 4.79 Å². The van der Waals surface area contributed by atoms with Gasteiger partial charge in [-0.05, 0) is 12.1 Å². The number of aromatic hydroxyl groups is 1. The van der Waals surface area contributed by atoms with Crippen LogP contribution in [0, 0.1) is 0 Å². The minimum absolute atomic E-state index is 0.0897. The minimum Gasteiger partial charge on any atom is -0.503 e. The van der Waals surface area contributed by atoms with E-state index in [4.69, 9.17) is 5.11 Å². The van der Waals surface area contributed by atoms with Gasteiger partial charge in [0, 0.05) is 5.39 Å². The van der Waals surface area contributed by atoms with Crippen LogP contribution in [-0.2, 0) is 0 Å². The molecule has 0 atom stereocenters. The summed E-state index contributed by atoms with van der Waals surface area (Å²) in [5.41, 5.74) is 0.562. The van der Waals surface area contributed by atoms with Crippen LogP contribution in [-0.4, -0.2) is 21.4 Å². The molecule has 2 N–H and O–H groups in total. The van der Waals surface area contributed by atoms with E-state index in [1.807, 2.05) is 0 Å². The fourth-order valence-electron chi connectivity index (χ4n) is 1.30. The van der Waals surface area contributed by atoms with Crippen molar-refractivity contribution in [1.82, 2.24) is 4.98 Å². The number of para-hydroxylation sites is 1. The van der Waals surface area contributed by atoms with Crippen LogP contribution < -0.4 is 4.74 Å². The van der Waals surface area contributed by atoms with E-state index in [1.54, 1.807) is 24.3 Å². The molecule has 0 aliphatic rings. The lowest BCUT2D eigenvalue weighted by atomic mass is 10.2. The smallest absolute Gasteiger partial charge is 0.503 e. The number of ether oxygens (including phenoxy) is 1. The topological polar surface area (TPSA) is 79.7 Å². The van der Waals surface area contributed by atoms with Crippen molar-refractivity contribution >= 4 is 17.1 Å². The van der Waals surface area contributed by atoms with Gasteiger partial charge >= 0.3 is 6.16 Å². The van der Waals surface area contributed by atoms with Gasteiger partial charge in [0.05, 0.1) is 11.7 Å². The van der Waals surface area contributed by atoms with E-state index < -0.39 is 6.16 Å². The molecule has 1 heterocycles. The SMILES string of the molecule is O=C(O)Oc1c(O)cnc2ccccc12. The highest BCUT2D eigenvalue weighted by Crippen LogP contribution is 2.32. The Balaban J connectivity index is 2.68. The van der Waals surface area contributed by atoms with Gasteiger partial charge in [0.2, 0.25) is 0 Å². The quantitative estimate of drug-likeness (QED) is 0.696. The molecule has 0 radical (unpaired) electrons. The maximum Gasteiger partial charge on any atom is 0.511 e. The molecule has 76 valence electrons. The second-order valence-corrected chi connectivity index (χ2v) is 2.86. The number of hydrogen-bond donors (Lipinski definition) is 2. The Morgan fingerprint density at radius 1 is 1.33 bits per heavy atom. The van der Waals surface area contributed by atoms with Gasteiger partial charge in [0.25, 0.3) is 0 Å². The summed E-state index contributed by atoms with van der Waals surface area (Å²) in [4.78, 5) is 14.3. The molecule has 0 bridgehead atoms. The Kier molecular flexibility index (Phi) is 2.13. The zero-order valence-corrected chi connectivity index (χ0v) is 7.54. The summed E-state index contributed by atoms with van der Waals surface area (Å²) in [6.07, 6.45) is -0.317. The first-order chi connectivity index (χ1) is 7.18. The first-order valence-corrected chi connectivity index (χ1v) is 4.16. The zero-order chi connectivity index (χ0) is 10.8. The first-order valence-electron chi connectivity index (χ1n) is 4.16. The molecule has 0 unspecified atom stereocenters. The number of benzene rings is 1. The second kappa shape index (κ2) is 3.45. The van der Waals surface area contributed by atoms with Crippen molar-refractivity contribution in [3.63, 3.8) is 0 Å². The molecule has 0 aliphatic heterocycles. The lowest BCUT2D eigenvalue weighted by Gasteiger charge is -2.05. The van der Waals surface area contributed by atoms with Crippen molar-refractivity contribution in [2.75, 3.05) is 0 Å². The third-order valence-corrected chi connectivity index (χ3v) is 1.90. The maximum absolute atomic E-state index is 10.4. The van der Waals surface area contributed by atoms with Crippen molar-refractivity contribution in [2.45, 2.75) is 0 Å². The number of hydrogen-bond acceptors (Lipinski definition) is 4. The van der Waals surface area contributed by atoms with Crippen molar-refractivity contribution < 1.29 is 19.7 Å². The highest BCUT2D eigenvalue weighted by Gasteiger charge is 2.12. The van der Waals surface area contributed by atoms with E-state index in [9.17, 15) is 9.90 Å². The van der Waals surface area contributed by atoms with Gasteiger partial charge in [-0.3, -0.25) is 4.98 Å². The Morgan fingerprint density at radius 2 is 2.07 bits per heavy atom. The Hall–Kier alpha value is -2.30. The van der Waals surface area contributed by atoms with Gasteiger partial charge in [-0.1, -0.05) is 12.1 Å². The number of carboxylic acid groups (broad SMARTS) is 1. The minimum atomic E-state index is -1.47. The molecule has 0 saturated carbocycles. The van der Waals surface area contributed by atoms with E-state index in [1.165, 1.54) is 0 Å². The molecular weight excluding hydrogens is 198 g/mol. The van der Waals surface area contributed by atoms with Crippen LogP contribution in [0.4, 0.5) is 4.79 Å². The van der Waals surface area contributed by atoms with E-state index in [0.29, 0.717) is 10.9 Å². The third kappa shape index (κ3) is 1.67. The number of aromatic nitrogens is 1. The molecule has 2 rings (SSSR count). The summed E-state index contributed by atoms with van der Waals surface area (Å²) in [6, 6.07) is 6.79. The average molecular weight is 205 g/mol. The lowest BCUT2D eigenvalue weighted by Crippen LogP contribution is -2.03. The normalized spacial score (nSPS) is 10.1. The number of fused-ring (bicyclic) bond motifs is 1. The van der Waals surface area contributed by atoms with Crippen LogP contribution in [0.1, 0.15) is 0 Å². The van der Waals surface area contributed by atoms with E-state index in [2.05, 4.69) is 9.72 Å². The van der Waals surface area contributed by atoms with Crippen LogP contribution >= 0.6 is 0 Å². The van der Waals surface area contributed by atoms with Crippen molar-refractivity contribution in [2.24, 2.45) is 0 Å². The average Bonchev–Trinajstić information content (AvgIpc) is 2.22. The predicted molar refractivity (Wildman–Crippen MR) is 52.1 cm³/mol. The fourth-order valence-corrected chi connectivity index (χ4v) is 1.30. The second-order valence-electron chi connectivity index (χ2n) is 2.86. The third-order valence-electron chi connectivity index (χ3n) is 1.90. The van der Waals surface area contributed by atoms with Crippen LogP contribution in [0.2, 0.25) is 0 Å². The Morgan fingerprint density at radius 3 is 2.80 bits per heavy atom. The van der Waals surface area contributed by atoms with E-state index >= 15 is 0 Å². The van der Waals surface area contributed by atoms with Gasteiger partial charge in [-0.2, -0.15) is 0 Å². The number of rotatable bonds is 1. The molecule has 2 aromatic rings.